The van der Waals surface area contributed by atoms with Crippen molar-refractivity contribution in [3.05, 3.63) is 94.3 Å². The Bertz CT molecular complexity index is 1370. The summed E-state index contributed by atoms with van der Waals surface area (Å²) in [6, 6.07) is 6.12. The predicted octanol–water partition coefficient (Wildman–Crippen LogP) is 7.00. The van der Waals surface area contributed by atoms with Crippen LogP contribution in [-0.2, 0) is 4.74 Å². The lowest BCUT2D eigenvalue weighted by Gasteiger charge is -2.37. The van der Waals surface area contributed by atoms with Gasteiger partial charge in [0.05, 0.1) is 28.8 Å². The number of hydrogen-bond acceptors (Lipinski definition) is 5. The number of benzene rings is 1. The number of pyridine rings is 1. The van der Waals surface area contributed by atoms with Crippen molar-refractivity contribution in [2.75, 3.05) is 20.7 Å². The molecule has 1 N–H and O–H groups in total. The average Bonchev–Trinajstić information content (AvgIpc) is 3.31. The predicted molar refractivity (Wildman–Crippen MR) is 150 cm³/mol. The van der Waals surface area contributed by atoms with Gasteiger partial charge in [-0.15, -0.1) is 11.3 Å². The number of nitrogens with zero attached hydrogens (tertiary/aromatic N) is 2. The lowest BCUT2D eigenvalue weighted by atomic mass is 9.90. The maximum Gasteiger partial charge on any atom is 0.266 e. The molecule has 4 rings (SSSR count). The van der Waals surface area contributed by atoms with Crippen LogP contribution in [0.2, 0.25) is 5.02 Å². The molecule has 1 saturated carbocycles. The Morgan fingerprint density at radius 2 is 1.89 bits per heavy atom. The van der Waals surface area contributed by atoms with Crippen LogP contribution in [-0.4, -0.2) is 48.6 Å². The highest BCUT2D eigenvalue weighted by Crippen LogP contribution is 2.40. The Hall–Kier alpha value is -3.07. The molecule has 0 saturated heterocycles. The third-order valence-corrected chi connectivity index (χ3v) is 8.57. The first-order chi connectivity index (χ1) is 18.4. The van der Waals surface area contributed by atoms with Gasteiger partial charge in [-0.1, -0.05) is 30.3 Å². The second kappa shape index (κ2) is 12.7. The Kier molecular flexibility index (Phi) is 9.31. The minimum atomic E-state index is -0.656. The number of allylic oxidation sites excluding steroid dienone is 4. The topological polar surface area (TPSA) is 54.5 Å². The molecule has 9 heteroatoms. The molecule has 1 aliphatic carbocycles. The fraction of sp³-hybridized carbons (Fsp3) is 0.310. The number of methoxy groups -OCH3 is 1. The molecule has 0 atom stereocenters. The number of thiophene rings is 1. The summed E-state index contributed by atoms with van der Waals surface area (Å²) in [5.41, 5.74) is 1.76. The standard InChI is InChI=1S/C29H30ClF2N3O2S/c1-4-5-19(18-12-14-34-15-13-18)16-22(37-3)17-35(21-8-6-20(33-2)7-9-21)29(36)28-26(30)25-23(31)10-11-24(32)27(25)38-28/h4-5,10-16,20-21,33H,1,6-9,17H2,2-3H3/b19-5+,22-16-/t20-,21-. The van der Waals surface area contributed by atoms with E-state index in [1.165, 1.54) is 0 Å². The molecule has 1 amide bonds. The van der Waals surface area contributed by atoms with E-state index in [9.17, 15) is 13.6 Å². The number of halogens is 3. The van der Waals surface area contributed by atoms with Crippen molar-refractivity contribution in [2.45, 2.75) is 37.8 Å². The van der Waals surface area contributed by atoms with Gasteiger partial charge in [0, 0.05) is 24.5 Å². The number of aromatic nitrogens is 1. The fourth-order valence-corrected chi connectivity index (χ4v) is 6.32. The van der Waals surface area contributed by atoms with Crippen LogP contribution >= 0.6 is 22.9 Å². The van der Waals surface area contributed by atoms with Crippen molar-refractivity contribution in [2.24, 2.45) is 0 Å². The molecule has 0 aliphatic heterocycles. The van der Waals surface area contributed by atoms with E-state index in [-0.39, 0.29) is 38.5 Å². The number of amides is 1. The zero-order valence-corrected chi connectivity index (χ0v) is 22.9. The summed E-state index contributed by atoms with van der Waals surface area (Å²) in [6.45, 7) is 3.98. The molecule has 0 unspecified atom stereocenters. The number of carbonyl (C=O) groups excluding carboxylic acids is 1. The SMILES string of the molecule is C=C/C=C(\C=C(\CN(C(=O)c1sc2c(F)ccc(F)c2c1Cl)[C@H]1CC[C@H](NC)CC1)OC)c1ccncc1. The summed E-state index contributed by atoms with van der Waals surface area (Å²) in [6.07, 6.45) is 12.2. The average molecular weight is 558 g/mol. The van der Waals surface area contributed by atoms with E-state index < -0.39 is 11.6 Å². The molecule has 1 aliphatic rings. The first-order valence-electron chi connectivity index (χ1n) is 12.4. The molecule has 3 aromatic rings. The number of carbonyl (C=O) groups is 1. The van der Waals surface area contributed by atoms with E-state index in [1.54, 1.807) is 30.5 Å². The van der Waals surface area contributed by atoms with Gasteiger partial charge < -0.3 is 15.0 Å². The summed E-state index contributed by atoms with van der Waals surface area (Å²) >= 11 is 7.39. The van der Waals surface area contributed by atoms with Crippen LogP contribution in [0.3, 0.4) is 0 Å². The van der Waals surface area contributed by atoms with E-state index in [1.807, 2.05) is 31.3 Å². The second-order valence-corrected chi connectivity index (χ2v) is 10.5. The van der Waals surface area contributed by atoms with Gasteiger partial charge in [-0.25, -0.2) is 8.78 Å². The molecule has 0 spiro atoms. The van der Waals surface area contributed by atoms with Crippen molar-refractivity contribution >= 4 is 44.5 Å². The van der Waals surface area contributed by atoms with Crippen LogP contribution < -0.4 is 5.32 Å². The summed E-state index contributed by atoms with van der Waals surface area (Å²) in [5.74, 6) is -1.09. The minimum absolute atomic E-state index is 0.0357. The van der Waals surface area contributed by atoms with Crippen molar-refractivity contribution in [1.29, 1.82) is 0 Å². The molecule has 200 valence electrons. The smallest absolute Gasteiger partial charge is 0.266 e. The van der Waals surface area contributed by atoms with Crippen LogP contribution in [0, 0.1) is 11.6 Å². The zero-order chi connectivity index (χ0) is 27.2. The Morgan fingerprint density at radius 1 is 1.21 bits per heavy atom. The van der Waals surface area contributed by atoms with E-state index >= 15 is 0 Å². The fourth-order valence-electron chi connectivity index (χ4n) is 4.82. The first kappa shape index (κ1) is 28.0. The quantitative estimate of drug-likeness (QED) is 0.227. The Labute approximate surface area is 230 Å². The van der Waals surface area contributed by atoms with Gasteiger partial charge in [0.2, 0.25) is 0 Å². The second-order valence-electron chi connectivity index (χ2n) is 9.11. The molecule has 1 aromatic carbocycles. The molecule has 2 heterocycles. The molecular formula is C29H30ClF2N3O2S. The highest BCUT2D eigenvalue weighted by molar-refractivity contribution is 7.21. The van der Waals surface area contributed by atoms with Crippen LogP contribution in [0.25, 0.3) is 15.7 Å². The maximum atomic E-state index is 14.6. The zero-order valence-electron chi connectivity index (χ0n) is 21.3. The monoisotopic (exact) mass is 557 g/mol. The normalized spacial score (nSPS) is 18.4. The van der Waals surface area contributed by atoms with Crippen LogP contribution in [0.5, 0.6) is 0 Å². The summed E-state index contributed by atoms with van der Waals surface area (Å²) < 4.78 is 34.8. The highest BCUT2D eigenvalue weighted by Gasteiger charge is 2.33. The Morgan fingerprint density at radius 3 is 2.50 bits per heavy atom. The molecule has 1 fully saturated rings. The van der Waals surface area contributed by atoms with E-state index in [0.29, 0.717) is 11.8 Å². The van der Waals surface area contributed by atoms with E-state index in [4.69, 9.17) is 16.3 Å². The third kappa shape index (κ3) is 5.98. The van der Waals surface area contributed by atoms with Gasteiger partial charge in [-0.2, -0.15) is 0 Å². The van der Waals surface area contributed by atoms with Crippen molar-refractivity contribution in [1.82, 2.24) is 15.2 Å². The molecular weight excluding hydrogens is 528 g/mol. The van der Waals surface area contributed by atoms with Crippen molar-refractivity contribution in [3.8, 4) is 0 Å². The molecule has 0 radical (unpaired) electrons. The van der Waals surface area contributed by atoms with E-state index in [2.05, 4.69) is 16.9 Å². The number of nitrogens with one attached hydrogen (secondary N) is 1. The van der Waals surface area contributed by atoms with Crippen molar-refractivity contribution in [3.63, 3.8) is 0 Å². The lowest BCUT2D eigenvalue weighted by molar-refractivity contribution is 0.0612. The summed E-state index contributed by atoms with van der Waals surface area (Å²) in [4.78, 5) is 19.9. The van der Waals surface area contributed by atoms with Gasteiger partial charge in [-0.3, -0.25) is 9.78 Å². The summed E-state index contributed by atoms with van der Waals surface area (Å²) in [5, 5.41) is 3.19. The van der Waals surface area contributed by atoms with Crippen LogP contribution in [0.15, 0.2) is 67.2 Å². The van der Waals surface area contributed by atoms with Gasteiger partial charge in [0.15, 0.2) is 0 Å². The first-order valence-corrected chi connectivity index (χ1v) is 13.6. The van der Waals surface area contributed by atoms with Gasteiger partial charge in [0.1, 0.15) is 22.3 Å². The van der Waals surface area contributed by atoms with Crippen LogP contribution in [0.1, 0.15) is 40.9 Å². The number of ether oxygens (including phenoxy) is 1. The number of fused-ring (bicyclic) bond motifs is 1. The van der Waals surface area contributed by atoms with Gasteiger partial charge >= 0.3 is 0 Å². The largest absolute Gasteiger partial charge is 0.499 e. The lowest BCUT2D eigenvalue weighted by Crippen LogP contribution is -2.45. The third-order valence-electron chi connectivity index (χ3n) is 6.90. The number of rotatable bonds is 9. The maximum absolute atomic E-state index is 14.6. The van der Waals surface area contributed by atoms with Gasteiger partial charge in [-0.05, 0) is 74.2 Å². The summed E-state index contributed by atoms with van der Waals surface area (Å²) in [7, 11) is 3.49. The van der Waals surface area contributed by atoms with Gasteiger partial charge in [0.25, 0.3) is 5.91 Å². The highest BCUT2D eigenvalue weighted by atomic mass is 35.5. The molecule has 38 heavy (non-hydrogen) atoms. The molecule has 5 nitrogen and oxygen atoms in total. The minimum Gasteiger partial charge on any atom is -0.499 e. The van der Waals surface area contributed by atoms with E-state index in [0.717, 1.165) is 60.3 Å². The molecule has 2 aromatic heterocycles. The molecule has 0 bridgehead atoms. The van der Waals surface area contributed by atoms with Crippen molar-refractivity contribution < 1.29 is 18.3 Å². The van der Waals surface area contributed by atoms with Crippen LogP contribution in [0.4, 0.5) is 8.78 Å². The Balaban J connectivity index is 1.73. The number of hydrogen-bond donors (Lipinski definition) is 1.